The van der Waals surface area contributed by atoms with Gasteiger partial charge in [0.05, 0.1) is 6.04 Å². The fourth-order valence-electron chi connectivity index (χ4n) is 3.97. The van der Waals surface area contributed by atoms with Crippen LogP contribution in [-0.4, -0.2) is 48.5 Å². The van der Waals surface area contributed by atoms with Crippen LogP contribution in [0.25, 0.3) is 0 Å². The molecule has 2 amide bonds. The molecular formula is C24H31FN4OS. The van der Waals surface area contributed by atoms with Gasteiger partial charge in [0.1, 0.15) is 5.82 Å². The molecule has 1 aliphatic heterocycles. The van der Waals surface area contributed by atoms with Crippen LogP contribution < -0.4 is 10.6 Å². The van der Waals surface area contributed by atoms with Crippen LogP contribution in [0.4, 0.5) is 14.9 Å². The molecule has 31 heavy (non-hydrogen) atoms. The molecule has 0 bridgehead atoms. The van der Waals surface area contributed by atoms with E-state index in [1.165, 1.54) is 6.07 Å². The first-order valence-electron chi connectivity index (χ1n) is 11.0. The van der Waals surface area contributed by atoms with Crippen molar-refractivity contribution < 1.29 is 9.18 Å². The monoisotopic (exact) mass is 442 g/mol. The molecule has 2 aliphatic rings. The van der Waals surface area contributed by atoms with Gasteiger partial charge in [-0.05, 0) is 93.0 Å². The van der Waals surface area contributed by atoms with Crippen molar-refractivity contribution in [3.8, 4) is 0 Å². The summed E-state index contributed by atoms with van der Waals surface area (Å²) in [7, 11) is 2.17. The topological polar surface area (TPSA) is 47.6 Å². The number of rotatable bonds is 6. The highest BCUT2D eigenvalue weighted by Gasteiger charge is 2.33. The standard InChI is InChI=1S/C24H31FN4OS/c1-17-15-19(9-10-22(17)25)23(18-7-8-18)27-24(30)26-20-5-3-6-21(16-20)31-29-12-4-11-28(2)13-14-29/h3,5-6,9-10,15-16,18,23H,4,7-8,11-14H2,1-2H3,(H2,26,27,30). The lowest BCUT2D eigenvalue weighted by Crippen LogP contribution is -2.33. The quantitative estimate of drug-likeness (QED) is 0.615. The summed E-state index contributed by atoms with van der Waals surface area (Å²) in [6.07, 6.45) is 3.33. The minimum atomic E-state index is -0.225. The van der Waals surface area contributed by atoms with Crippen LogP contribution >= 0.6 is 11.9 Å². The molecule has 2 fully saturated rings. The Kier molecular flexibility index (Phi) is 7.15. The van der Waals surface area contributed by atoms with E-state index in [1.807, 2.05) is 24.3 Å². The Morgan fingerprint density at radius 2 is 1.97 bits per heavy atom. The summed E-state index contributed by atoms with van der Waals surface area (Å²) >= 11 is 1.75. The fraction of sp³-hybridized carbons (Fsp3) is 0.458. The largest absolute Gasteiger partial charge is 0.331 e. The third-order valence-corrected chi connectivity index (χ3v) is 7.01. The van der Waals surface area contributed by atoms with Gasteiger partial charge in [-0.1, -0.05) is 18.2 Å². The number of nitrogens with zero attached hydrogens (tertiary/aromatic N) is 2. The van der Waals surface area contributed by atoms with Gasteiger partial charge in [-0.25, -0.2) is 13.5 Å². The summed E-state index contributed by atoms with van der Waals surface area (Å²) in [4.78, 5) is 16.2. The number of urea groups is 1. The number of halogens is 1. The van der Waals surface area contributed by atoms with Gasteiger partial charge < -0.3 is 15.5 Å². The van der Waals surface area contributed by atoms with E-state index < -0.39 is 0 Å². The molecule has 1 unspecified atom stereocenters. The molecule has 1 saturated heterocycles. The van der Waals surface area contributed by atoms with Crippen LogP contribution in [0.15, 0.2) is 47.4 Å². The lowest BCUT2D eigenvalue weighted by Gasteiger charge is -2.21. The van der Waals surface area contributed by atoms with Crippen molar-refractivity contribution in [2.45, 2.75) is 37.1 Å². The van der Waals surface area contributed by atoms with Gasteiger partial charge in [-0.15, -0.1) is 0 Å². The Hall–Kier alpha value is -2.09. The maximum absolute atomic E-state index is 13.7. The lowest BCUT2D eigenvalue weighted by atomic mass is 10.0. The summed E-state index contributed by atoms with van der Waals surface area (Å²) in [5, 5.41) is 6.09. The smallest absolute Gasteiger partial charge is 0.319 e. The number of anilines is 1. The number of carbonyl (C=O) groups excluding carboxylic acids is 1. The Morgan fingerprint density at radius 1 is 1.13 bits per heavy atom. The van der Waals surface area contributed by atoms with Crippen LogP contribution in [-0.2, 0) is 0 Å². The molecule has 2 N–H and O–H groups in total. The van der Waals surface area contributed by atoms with Crippen molar-refractivity contribution >= 4 is 23.7 Å². The van der Waals surface area contributed by atoms with Crippen molar-refractivity contribution in [3.05, 3.63) is 59.4 Å². The van der Waals surface area contributed by atoms with Crippen LogP contribution in [0.2, 0.25) is 0 Å². The number of carbonyl (C=O) groups is 1. The van der Waals surface area contributed by atoms with E-state index in [9.17, 15) is 9.18 Å². The van der Waals surface area contributed by atoms with Crippen molar-refractivity contribution in [1.29, 1.82) is 0 Å². The summed E-state index contributed by atoms with van der Waals surface area (Å²) < 4.78 is 16.1. The van der Waals surface area contributed by atoms with E-state index in [0.717, 1.165) is 61.6 Å². The Labute approximate surface area is 188 Å². The second kappa shape index (κ2) is 10.0. The molecule has 1 heterocycles. The molecule has 2 aromatic carbocycles. The van der Waals surface area contributed by atoms with Crippen molar-refractivity contribution in [2.24, 2.45) is 5.92 Å². The summed E-state index contributed by atoms with van der Waals surface area (Å²) in [6.45, 7) is 6.05. The van der Waals surface area contributed by atoms with Crippen molar-refractivity contribution in [3.63, 3.8) is 0 Å². The minimum Gasteiger partial charge on any atom is -0.331 e. The number of nitrogens with one attached hydrogen (secondary N) is 2. The highest BCUT2D eigenvalue weighted by molar-refractivity contribution is 7.97. The fourth-order valence-corrected chi connectivity index (χ4v) is 4.98. The van der Waals surface area contributed by atoms with Gasteiger partial charge in [0.25, 0.3) is 0 Å². The Balaban J connectivity index is 1.37. The predicted molar refractivity (Wildman–Crippen MR) is 125 cm³/mol. The van der Waals surface area contributed by atoms with Gasteiger partial charge in [0.2, 0.25) is 0 Å². The van der Waals surface area contributed by atoms with Crippen LogP contribution in [0.1, 0.15) is 36.4 Å². The van der Waals surface area contributed by atoms with Crippen LogP contribution in [0, 0.1) is 18.7 Å². The van der Waals surface area contributed by atoms with Gasteiger partial charge in [-0.3, -0.25) is 0 Å². The maximum atomic E-state index is 13.7. The van der Waals surface area contributed by atoms with E-state index >= 15 is 0 Å². The zero-order chi connectivity index (χ0) is 21.8. The first-order valence-corrected chi connectivity index (χ1v) is 11.8. The number of hydrogen-bond acceptors (Lipinski definition) is 4. The molecule has 0 aromatic heterocycles. The van der Waals surface area contributed by atoms with Crippen LogP contribution in [0.5, 0.6) is 0 Å². The van der Waals surface area contributed by atoms with Crippen molar-refractivity contribution in [2.75, 3.05) is 38.5 Å². The Bertz CT molecular complexity index is 920. The molecule has 0 radical (unpaired) electrons. The number of amides is 2. The van der Waals surface area contributed by atoms with E-state index in [-0.39, 0.29) is 17.9 Å². The molecule has 166 valence electrons. The molecule has 1 saturated carbocycles. The molecule has 0 spiro atoms. The van der Waals surface area contributed by atoms with E-state index in [2.05, 4.69) is 33.0 Å². The highest BCUT2D eigenvalue weighted by Crippen LogP contribution is 2.41. The Morgan fingerprint density at radius 3 is 2.74 bits per heavy atom. The third-order valence-electron chi connectivity index (χ3n) is 5.93. The lowest BCUT2D eigenvalue weighted by molar-refractivity contribution is 0.247. The molecule has 1 aliphatic carbocycles. The van der Waals surface area contributed by atoms with Crippen LogP contribution in [0.3, 0.4) is 0 Å². The van der Waals surface area contributed by atoms with Gasteiger partial charge >= 0.3 is 6.03 Å². The van der Waals surface area contributed by atoms with Gasteiger partial charge in [0.15, 0.2) is 0 Å². The maximum Gasteiger partial charge on any atom is 0.319 e. The molecule has 1 atom stereocenters. The zero-order valence-electron chi connectivity index (χ0n) is 18.2. The zero-order valence-corrected chi connectivity index (χ0v) is 19.1. The van der Waals surface area contributed by atoms with E-state index in [1.54, 1.807) is 24.9 Å². The third kappa shape index (κ3) is 6.21. The second-order valence-electron chi connectivity index (χ2n) is 8.63. The molecular weight excluding hydrogens is 411 g/mol. The van der Waals surface area contributed by atoms with Gasteiger partial charge in [0, 0.05) is 30.2 Å². The first kappa shape index (κ1) is 22.1. The first-order chi connectivity index (χ1) is 15.0. The number of likely N-dealkylation sites (N-methyl/N-ethyl adjacent to an activating group) is 1. The number of hydrogen-bond donors (Lipinski definition) is 2. The van der Waals surface area contributed by atoms with E-state index in [4.69, 9.17) is 0 Å². The SMILES string of the molecule is Cc1cc(C(NC(=O)Nc2cccc(SN3CCCN(C)CC3)c2)C2CC2)ccc1F. The minimum absolute atomic E-state index is 0.0917. The molecule has 7 heteroatoms. The summed E-state index contributed by atoms with van der Waals surface area (Å²) in [5.41, 5.74) is 2.35. The highest BCUT2D eigenvalue weighted by atomic mass is 32.2. The average Bonchev–Trinajstić information content (AvgIpc) is 3.58. The molecule has 2 aromatic rings. The summed E-state index contributed by atoms with van der Waals surface area (Å²) in [5.74, 6) is 0.201. The second-order valence-corrected chi connectivity index (χ2v) is 9.80. The average molecular weight is 443 g/mol. The molecule has 5 nitrogen and oxygen atoms in total. The normalized spacial score (nSPS) is 18.9. The van der Waals surface area contributed by atoms with Gasteiger partial charge in [-0.2, -0.15) is 0 Å². The van der Waals surface area contributed by atoms with E-state index in [0.29, 0.717) is 11.5 Å². The predicted octanol–water partition coefficient (Wildman–Crippen LogP) is 5.05. The van der Waals surface area contributed by atoms with Crippen molar-refractivity contribution in [1.82, 2.24) is 14.5 Å². The number of aryl methyl sites for hydroxylation is 1. The molecule has 4 rings (SSSR count). The summed E-state index contributed by atoms with van der Waals surface area (Å²) in [6, 6.07) is 12.8. The number of benzene rings is 2.